The average Bonchev–Trinajstić information content (AvgIpc) is 2.13. The highest BCUT2D eigenvalue weighted by atomic mass is 32.2. The van der Waals surface area contributed by atoms with Crippen molar-refractivity contribution in [1.82, 2.24) is 0 Å². The molecule has 0 aromatic heterocycles. The van der Waals surface area contributed by atoms with Crippen LogP contribution in [-0.4, -0.2) is 25.0 Å². The topological polar surface area (TPSA) is 20.2 Å². The molecule has 0 aromatic rings. The fourth-order valence-electron chi connectivity index (χ4n) is 0.591. The Morgan fingerprint density at radius 1 is 1.13 bits per heavy atom. The zero-order valence-corrected chi connectivity index (χ0v) is 14.0. The van der Waals surface area contributed by atoms with E-state index in [1.807, 2.05) is 0 Å². The van der Waals surface area contributed by atoms with Gasteiger partial charge < -0.3 is 5.11 Å². The van der Waals surface area contributed by atoms with Crippen molar-refractivity contribution in [3.05, 3.63) is 0 Å². The molecule has 0 aliphatic carbocycles. The molecule has 0 aliphatic heterocycles. The summed E-state index contributed by atoms with van der Waals surface area (Å²) in [5, 5.41) is 8.15. The van der Waals surface area contributed by atoms with Crippen LogP contribution in [0.1, 0.15) is 26.2 Å². The molecule has 1 nitrogen and oxygen atoms in total. The number of hydrogen-bond donors (Lipinski definition) is 7. The Bertz CT molecular complexity index is 136. The summed E-state index contributed by atoms with van der Waals surface area (Å²) in [4.78, 5) is 0. The monoisotopic (exact) mass is 324 g/mol. The van der Waals surface area contributed by atoms with Crippen LogP contribution < -0.4 is 0 Å². The van der Waals surface area contributed by atoms with Crippen LogP contribution in [0.2, 0.25) is 0 Å². The maximum absolute atomic E-state index is 7.99. The van der Waals surface area contributed by atoms with Crippen LogP contribution in [0.5, 0.6) is 0 Å². The van der Waals surface area contributed by atoms with Gasteiger partial charge in [0.1, 0.15) is 3.41 Å². The number of unbranched alkanes of at least 4 members (excludes halogenated alkanes) is 1. The van der Waals surface area contributed by atoms with E-state index in [0.717, 1.165) is 12.8 Å². The van der Waals surface area contributed by atoms with Crippen LogP contribution in [0, 0.1) is 0 Å². The fourth-order valence-corrected chi connectivity index (χ4v) is 1.16. The lowest BCUT2D eigenvalue weighted by Crippen LogP contribution is -2.19. The predicted molar refractivity (Wildman–Crippen MR) is 90.8 cm³/mol. The molecular weight excluding hydrogens is 304 g/mol. The molecule has 1 unspecified atom stereocenters. The van der Waals surface area contributed by atoms with Gasteiger partial charge in [-0.05, 0) is 6.42 Å². The van der Waals surface area contributed by atoms with Crippen molar-refractivity contribution in [2.75, 3.05) is 6.61 Å². The van der Waals surface area contributed by atoms with Crippen molar-refractivity contribution in [2.45, 2.75) is 39.4 Å². The van der Waals surface area contributed by atoms with E-state index in [1.165, 1.54) is 6.42 Å². The first kappa shape index (κ1) is 19.4. The van der Waals surface area contributed by atoms with E-state index in [1.54, 1.807) is 0 Å². The van der Waals surface area contributed by atoms with Crippen LogP contribution in [0.25, 0.3) is 0 Å². The third kappa shape index (κ3) is 16.1. The van der Waals surface area contributed by atoms with Crippen molar-refractivity contribution in [1.29, 1.82) is 0 Å². The van der Waals surface area contributed by atoms with Crippen LogP contribution in [0.3, 0.4) is 0 Å². The summed E-state index contributed by atoms with van der Waals surface area (Å²) in [6.07, 6.45) is 3.37. The Kier molecular flexibility index (Phi) is 14.4. The lowest BCUT2D eigenvalue weighted by atomic mass is 10.2. The van der Waals surface area contributed by atoms with Crippen LogP contribution in [-0.2, 0) is 0 Å². The Hall–Kier alpha value is 2.06. The predicted octanol–water partition coefficient (Wildman–Crippen LogP) is 3.08. The van der Waals surface area contributed by atoms with Crippen molar-refractivity contribution in [3.63, 3.8) is 0 Å². The lowest BCUT2D eigenvalue weighted by Gasteiger charge is -2.22. The highest BCUT2D eigenvalue weighted by molar-refractivity contribution is 8.18. The summed E-state index contributed by atoms with van der Waals surface area (Å²) < 4.78 is -0.715. The number of rotatable bonds is 5. The number of aliphatic hydroxyl groups excluding tert-OH is 1. The molecular formula is C8H20OS6. The molecule has 0 rings (SSSR count). The molecule has 0 aliphatic rings. The van der Waals surface area contributed by atoms with Crippen molar-refractivity contribution >= 4 is 75.8 Å². The zero-order valence-electron chi connectivity index (χ0n) is 8.61. The number of thiol groups is 6. The van der Waals surface area contributed by atoms with Gasteiger partial charge in [0.15, 0.2) is 0 Å². The van der Waals surface area contributed by atoms with Crippen LogP contribution in [0.4, 0.5) is 0 Å². The first-order chi connectivity index (χ1) is 6.75. The summed E-state index contributed by atoms with van der Waals surface area (Å²) in [6.45, 7) is 2.18. The molecule has 15 heavy (non-hydrogen) atoms. The molecule has 94 valence electrons. The van der Waals surface area contributed by atoms with Gasteiger partial charge in [-0.3, -0.25) is 0 Å². The third-order valence-electron chi connectivity index (χ3n) is 1.44. The Morgan fingerprint density at radius 2 is 1.53 bits per heavy atom. The molecule has 0 spiro atoms. The molecule has 0 saturated heterocycles. The zero-order chi connectivity index (χ0) is 12.5. The average molecular weight is 325 g/mol. The molecule has 1 atom stereocenters. The van der Waals surface area contributed by atoms with E-state index >= 15 is 0 Å². The largest absolute Gasteiger partial charge is 0.394 e. The quantitative estimate of drug-likeness (QED) is 0.306. The van der Waals surface area contributed by atoms with Crippen LogP contribution in [0.15, 0.2) is 0 Å². The number of aliphatic hydroxyl groups is 1. The van der Waals surface area contributed by atoms with Gasteiger partial charge in [-0.15, -0.1) is 0 Å². The molecule has 7 heteroatoms. The minimum atomic E-state index is -0.543. The summed E-state index contributed by atoms with van der Waals surface area (Å²) >= 11 is 24.3. The van der Waals surface area contributed by atoms with Gasteiger partial charge in [0.2, 0.25) is 0 Å². The molecule has 0 aromatic carbocycles. The molecule has 0 amide bonds. The van der Waals surface area contributed by atoms with E-state index in [0.29, 0.717) is 0 Å². The Labute approximate surface area is 126 Å². The molecule has 0 bridgehead atoms. The van der Waals surface area contributed by atoms with Gasteiger partial charge in [-0.25, -0.2) is 0 Å². The number of hydrogen-bond acceptors (Lipinski definition) is 7. The Morgan fingerprint density at radius 3 is 1.73 bits per heavy atom. The first-order valence-electron chi connectivity index (χ1n) is 4.57. The lowest BCUT2D eigenvalue weighted by molar-refractivity contribution is 0.316. The summed E-state index contributed by atoms with van der Waals surface area (Å²) in [5.74, 6) is 0. The molecule has 0 fully saturated rings. The maximum Gasteiger partial charge on any atom is 0.110 e. The summed E-state index contributed by atoms with van der Waals surface area (Å²) in [5.41, 5.74) is 0. The van der Waals surface area contributed by atoms with Gasteiger partial charge in [-0.2, -0.15) is 75.8 Å². The normalized spacial score (nSPS) is 13.4. The van der Waals surface area contributed by atoms with Crippen molar-refractivity contribution in [2.24, 2.45) is 0 Å². The van der Waals surface area contributed by atoms with Crippen molar-refractivity contribution in [3.8, 4) is 0 Å². The molecule has 0 saturated carbocycles. The first-order valence-corrected chi connectivity index (χ1v) is 7.46. The summed E-state index contributed by atoms with van der Waals surface area (Å²) in [6, 6.07) is 0. The van der Waals surface area contributed by atoms with Gasteiger partial charge in [0, 0.05) is 5.25 Å². The molecule has 0 heterocycles. The highest BCUT2D eigenvalue weighted by Crippen LogP contribution is 2.34. The second-order valence-electron chi connectivity index (χ2n) is 3.01. The fraction of sp³-hybridized carbons (Fsp3) is 1.00. The smallest absolute Gasteiger partial charge is 0.110 e. The van der Waals surface area contributed by atoms with Crippen molar-refractivity contribution < 1.29 is 5.11 Å². The van der Waals surface area contributed by atoms with Gasteiger partial charge >= 0.3 is 0 Å². The maximum atomic E-state index is 7.99. The summed E-state index contributed by atoms with van der Waals surface area (Å²) in [7, 11) is 0. The van der Waals surface area contributed by atoms with E-state index < -0.39 is 3.41 Å². The third-order valence-corrected chi connectivity index (χ3v) is 3.96. The standard InChI is InChI=1S/C6H14S4.C2H6OS2/c1-2-3-4-5(7)6(8,9)10;3-1-2(4)5/h5,7-10H,2-4H2,1H3;2-5H,1H2. The van der Waals surface area contributed by atoms with E-state index in [-0.39, 0.29) is 16.4 Å². The molecule has 1 N–H and O–H groups in total. The van der Waals surface area contributed by atoms with E-state index in [2.05, 4.69) is 82.7 Å². The SMILES string of the molecule is CCCCC(S)C(S)(S)S.OCC(S)S. The minimum absolute atomic E-state index is 0.0340. The molecule has 0 radical (unpaired) electrons. The minimum Gasteiger partial charge on any atom is -0.394 e. The van der Waals surface area contributed by atoms with E-state index in [9.17, 15) is 0 Å². The highest BCUT2D eigenvalue weighted by Gasteiger charge is 2.23. The van der Waals surface area contributed by atoms with E-state index in [4.69, 9.17) is 5.11 Å². The Balaban J connectivity index is 0. The van der Waals surface area contributed by atoms with Gasteiger partial charge in [0.25, 0.3) is 0 Å². The van der Waals surface area contributed by atoms with Gasteiger partial charge in [-0.1, -0.05) is 19.8 Å². The van der Waals surface area contributed by atoms with Gasteiger partial charge in [0.05, 0.1) is 11.2 Å². The second-order valence-corrected chi connectivity index (χ2v) is 8.46. The van der Waals surface area contributed by atoms with Crippen LogP contribution >= 0.6 is 75.8 Å². The second kappa shape index (κ2) is 11.2.